The highest BCUT2D eigenvalue weighted by atomic mass is 19.1. The predicted molar refractivity (Wildman–Crippen MR) is 148 cm³/mol. The normalized spacial score (nSPS) is 12.9. The molecule has 0 aliphatic carbocycles. The third-order valence-corrected chi connectivity index (χ3v) is 6.90. The van der Waals surface area contributed by atoms with E-state index in [0.717, 1.165) is 33.4 Å². The van der Waals surface area contributed by atoms with Crippen LogP contribution in [0.4, 0.5) is 4.39 Å². The summed E-state index contributed by atoms with van der Waals surface area (Å²) in [6.07, 6.45) is 2.26. The number of tetrazole rings is 1. The van der Waals surface area contributed by atoms with Crippen molar-refractivity contribution in [1.29, 1.82) is 0 Å². The fourth-order valence-electron chi connectivity index (χ4n) is 5.07. The lowest BCUT2D eigenvalue weighted by atomic mass is 9.99. The molecule has 9 heteroatoms. The number of aromatic nitrogens is 5. The zero-order valence-corrected chi connectivity index (χ0v) is 22.9. The van der Waals surface area contributed by atoms with Gasteiger partial charge in [0, 0.05) is 12.1 Å². The van der Waals surface area contributed by atoms with E-state index in [0.29, 0.717) is 30.9 Å². The van der Waals surface area contributed by atoms with Crippen molar-refractivity contribution < 1.29 is 8.81 Å². The molecule has 0 saturated heterocycles. The number of rotatable bonds is 8. The molecule has 202 valence electrons. The Balaban J connectivity index is 1.68. The molecule has 8 nitrogen and oxygen atoms in total. The highest BCUT2D eigenvalue weighted by Gasteiger charge is 2.34. The number of aromatic amines is 1. The zero-order valence-electron chi connectivity index (χ0n) is 22.9. The summed E-state index contributed by atoms with van der Waals surface area (Å²) in [4.78, 5) is 19.0. The number of pyridine rings is 1. The summed E-state index contributed by atoms with van der Waals surface area (Å²) in [6.45, 7) is 11.1. The fourth-order valence-corrected chi connectivity index (χ4v) is 5.07. The standard InChI is InChI=1S/C30H33FN6O2/c1-19-15-20(2)26-22(16-19)17-25(29(38)32-26)27(28-33-34-35-37(28)30(3,4)5)36(18-24-7-6-14-39-24)13-12-21-8-10-23(31)11-9-21/h6-11,14-17,27H,12-13,18H2,1-5H3,(H,32,38)/t27-/m1/s1. The van der Waals surface area contributed by atoms with Crippen LogP contribution in [0.3, 0.4) is 0 Å². The second-order valence-corrected chi connectivity index (χ2v) is 11.0. The van der Waals surface area contributed by atoms with Crippen LogP contribution in [0, 0.1) is 19.7 Å². The minimum atomic E-state index is -0.584. The molecule has 39 heavy (non-hydrogen) atoms. The fraction of sp³-hybridized carbons (Fsp3) is 0.333. The Morgan fingerprint density at radius 1 is 1.10 bits per heavy atom. The Bertz CT molecular complexity index is 1630. The molecule has 0 aliphatic heterocycles. The summed E-state index contributed by atoms with van der Waals surface area (Å²) < 4.78 is 21.1. The number of nitrogens with one attached hydrogen (secondary N) is 1. The SMILES string of the molecule is Cc1cc(C)c2[nH]c(=O)c([C@H](c3nnnn3C(C)(C)C)N(CCc3ccc(F)cc3)Cc3ccco3)cc2c1. The summed E-state index contributed by atoms with van der Waals surface area (Å²) in [5.41, 5.74) is 3.82. The maximum absolute atomic E-state index is 13.8. The van der Waals surface area contributed by atoms with Gasteiger partial charge in [-0.2, -0.15) is 0 Å². The molecule has 0 saturated carbocycles. The number of furan rings is 1. The van der Waals surface area contributed by atoms with Crippen LogP contribution in [0.5, 0.6) is 0 Å². The van der Waals surface area contributed by atoms with Crippen LogP contribution in [-0.2, 0) is 18.5 Å². The van der Waals surface area contributed by atoms with Gasteiger partial charge in [0.2, 0.25) is 0 Å². The van der Waals surface area contributed by atoms with Crippen molar-refractivity contribution in [3.8, 4) is 0 Å². The van der Waals surface area contributed by atoms with Crippen LogP contribution in [0.25, 0.3) is 10.9 Å². The number of fused-ring (bicyclic) bond motifs is 1. The summed E-state index contributed by atoms with van der Waals surface area (Å²) >= 11 is 0. The van der Waals surface area contributed by atoms with E-state index in [4.69, 9.17) is 4.42 Å². The number of halogens is 1. The molecule has 0 unspecified atom stereocenters. The molecule has 0 spiro atoms. The molecule has 0 fully saturated rings. The largest absolute Gasteiger partial charge is 0.468 e. The Hall–Kier alpha value is -4.11. The molecule has 5 aromatic rings. The molecule has 1 atom stereocenters. The third kappa shape index (κ3) is 5.68. The van der Waals surface area contributed by atoms with Crippen LogP contribution < -0.4 is 5.56 Å². The molecule has 3 aromatic heterocycles. The second-order valence-electron chi connectivity index (χ2n) is 11.0. The molecular formula is C30H33FN6O2. The summed E-state index contributed by atoms with van der Waals surface area (Å²) in [6, 6.07) is 15.7. The van der Waals surface area contributed by atoms with E-state index < -0.39 is 11.6 Å². The van der Waals surface area contributed by atoms with Gasteiger partial charge in [-0.25, -0.2) is 9.07 Å². The van der Waals surface area contributed by atoms with Gasteiger partial charge in [-0.05, 0) is 104 Å². The molecule has 0 aliphatic rings. The number of aryl methyl sites for hydroxylation is 2. The van der Waals surface area contributed by atoms with E-state index in [9.17, 15) is 9.18 Å². The van der Waals surface area contributed by atoms with Gasteiger partial charge in [0.05, 0.1) is 23.9 Å². The van der Waals surface area contributed by atoms with Gasteiger partial charge in [-0.3, -0.25) is 9.69 Å². The first kappa shape index (κ1) is 26.5. The zero-order chi connectivity index (χ0) is 27.7. The van der Waals surface area contributed by atoms with Crippen molar-refractivity contribution in [3.05, 3.63) is 111 Å². The molecule has 0 amide bonds. The van der Waals surface area contributed by atoms with Crippen molar-refractivity contribution in [2.24, 2.45) is 0 Å². The average Bonchev–Trinajstić information content (AvgIpc) is 3.57. The average molecular weight is 529 g/mol. The van der Waals surface area contributed by atoms with Crippen LogP contribution in [-0.4, -0.2) is 36.6 Å². The lowest BCUT2D eigenvalue weighted by Gasteiger charge is -2.32. The van der Waals surface area contributed by atoms with Crippen LogP contribution in [0.1, 0.15) is 60.7 Å². The van der Waals surface area contributed by atoms with Gasteiger partial charge in [0.15, 0.2) is 5.82 Å². The van der Waals surface area contributed by atoms with Crippen molar-refractivity contribution in [2.45, 2.75) is 59.2 Å². The van der Waals surface area contributed by atoms with Crippen molar-refractivity contribution in [3.63, 3.8) is 0 Å². The molecule has 5 rings (SSSR count). The van der Waals surface area contributed by atoms with E-state index >= 15 is 0 Å². The number of hydrogen-bond acceptors (Lipinski definition) is 6. The molecular weight excluding hydrogens is 495 g/mol. The van der Waals surface area contributed by atoms with Gasteiger partial charge in [-0.15, -0.1) is 5.10 Å². The highest BCUT2D eigenvalue weighted by Crippen LogP contribution is 2.31. The van der Waals surface area contributed by atoms with Crippen LogP contribution in [0.15, 0.2) is 70.1 Å². The van der Waals surface area contributed by atoms with Gasteiger partial charge in [0.1, 0.15) is 17.6 Å². The highest BCUT2D eigenvalue weighted by molar-refractivity contribution is 5.83. The Labute approximate surface area is 226 Å². The summed E-state index contributed by atoms with van der Waals surface area (Å²) in [7, 11) is 0. The number of nitrogens with zero attached hydrogens (tertiary/aromatic N) is 5. The van der Waals surface area contributed by atoms with Crippen molar-refractivity contribution in [2.75, 3.05) is 6.54 Å². The molecule has 1 N–H and O–H groups in total. The molecule has 3 heterocycles. The van der Waals surface area contributed by atoms with Gasteiger partial charge in [-0.1, -0.05) is 23.8 Å². The number of benzene rings is 2. The van der Waals surface area contributed by atoms with E-state index in [2.05, 4.69) is 37.5 Å². The van der Waals surface area contributed by atoms with E-state index in [1.165, 1.54) is 12.1 Å². The topological polar surface area (TPSA) is 92.8 Å². The van der Waals surface area contributed by atoms with Crippen LogP contribution >= 0.6 is 0 Å². The van der Waals surface area contributed by atoms with Gasteiger partial charge >= 0.3 is 0 Å². The Morgan fingerprint density at radius 2 is 1.87 bits per heavy atom. The van der Waals surface area contributed by atoms with Crippen molar-refractivity contribution in [1.82, 2.24) is 30.1 Å². The minimum absolute atomic E-state index is 0.200. The smallest absolute Gasteiger partial charge is 0.253 e. The van der Waals surface area contributed by atoms with Gasteiger partial charge in [0.25, 0.3) is 5.56 Å². The first-order valence-corrected chi connectivity index (χ1v) is 13.0. The minimum Gasteiger partial charge on any atom is -0.468 e. The van der Waals surface area contributed by atoms with Crippen molar-refractivity contribution >= 4 is 10.9 Å². The maximum Gasteiger partial charge on any atom is 0.253 e. The Morgan fingerprint density at radius 3 is 2.56 bits per heavy atom. The van der Waals surface area contributed by atoms with E-state index in [-0.39, 0.29) is 11.4 Å². The quantitative estimate of drug-likeness (QED) is 0.288. The number of hydrogen-bond donors (Lipinski definition) is 1. The monoisotopic (exact) mass is 528 g/mol. The number of H-pyrrole nitrogens is 1. The maximum atomic E-state index is 13.8. The lowest BCUT2D eigenvalue weighted by Crippen LogP contribution is -2.38. The summed E-state index contributed by atoms with van der Waals surface area (Å²) in [5, 5.41) is 13.7. The van der Waals surface area contributed by atoms with Crippen LogP contribution in [0.2, 0.25) is 0 Å². The predicted octanol–water partition coefficient (Wildman–Crippen LogP) is 5.45. The lowest BCUT2D eigenvalue weighted by molar-refractivity contribution is 0.181. The second kappa shape index (κ2) is 10.6. The first-order chi connectivity index (χ1) is 18.6. The first-order valence-electron chi connectivity index (χ1n) is 13.0. The summed E-state index contributed by atoms with van der Waals surface area (Å²) in [5.74, 6) is 1.03. The Kier molecular flexibility index (Phi) is 7.18. The molecule has 0 radical (unpaired) electrons. The van der Waals surface area contributed by atoms with E-state index in [1.54, 1.807) is 23.1 Å². The van der Waals surface area contributed by atoms with E-state index in [1.807, 2.05) is 52.8 Å². The third-order valence-electron chi connectivity index (χ3n) is 6.90. The van der Waals surface area contributed by atoms with Gasteiger partial charge < -0.3 is 9.40 Å². The molecule has 0 bridgehead atoms. The molecule has 2 aromatic carbocycles.